The quantitative estimate of drug-likeness (QED) is 0.739. The maximum absolute atomic E-state index is 3.78. The highest BCUT2D eigenvalue weighted by Gasteiger charge is 2.29. The highest BCUT2D eigenvalue weighted by atomic mass is 79.9. The summed E-state index contributed by atoms with van der Waals surface area (Å²) in [6.07, 6.45) is 1.28. The Labute approximate surface area is 112 Å². The van der Waals surface area contributed by atoms with Crippen LogP contribution in [-0.2, 0) is 6.54 Å². The molecule has 1 aromatic rings. The summed E-state index contributed by atoms with van der Waals surface area (Å²) in [7, 11) is 0. The maximum Gasteiger partial charge on any atom is 0.0339 e. The highest BCUT2D eigenvalue weighted by Crippen LogP contribution is 2.30. The van der Waals surface area contributed by atoms with Gasteiger partial charge in [0, 0.05) is 33.8 Å². The van der Waals surface area contributed by atoms with Crippen LogP contribution < -0.4 is 0 Å². The molecule has 4 heteroatoms. The van der Waals surface area contributed by atoms with Crippen molar-refractivity contribution in [2.75, 3.05) is 13.1 Å². The van der Waals surface area contributed by atoms with Crippen LogP contribution in [0.15, 0.2) is 15.9 Å². The fraction of sp³-hybridized carbons (Fsp3) is 0.636. The summed E-state index contributed by atoms with van der Waals surface area (Å²) in [5, 5.41) is 2.15. The van der Waals surface area contributed by atoms with Gasteiger partial charge in [0.25, 0.3) is 0 Å². The van der Waals surface area contributed by atoms with Gasteiger partial charge in [-0.05, 0) is 33.3 Å². The Kier molecular flexibility index (Phi) is 4.27. The first-order valence-electron chi connectivity index (χ1n) is 5.29. The lowest BCUT2D eigenvalue weighted by atomic mass is 10.1. The number of nitrogens with zero attached hydrogens (tertiary/aromatic N) is 1. The fourth-order valence-electron chi connectivity index (χ4n) is 2.07. The Balaban J connectivity index is 1.95. The molecule has 1 nitrogen and oxygen atoms in total. The Hall–Kier alpha value is 0.620. The molecule has 0 aliphatic carbocycles. The summed E-state index contributed by atoms with van der Waals surface area (Å²) in [5.74, 6) is 0.823. The summed E-state index contributed by atoms with van der Waals surface area (Å²) < 4.78 is 1.26. The first kappa shape index (κ1) is 12.1. The van der Waals surface area contributed by atoms with E-state index < -0.39 is 0 Å². The van der Waals surface area contributed by atoms with Crippen molar-refractivity contribution in [3.63, 3.8) is 0 Å². The topological polar surface area (TPSA) is 3.24 Å². The van der Waals surface area contributed by atoms with E-state index in [0.717, 1.165) is 12.5 Å². The van der Waals surface area contributed by atoms with Gasteiger partial charge in [-0.25, -0.2) is 0 Å². The highest BCUT2D eigenvalue weighted by molar-refractivity contribution is 9.10. The molecule has 2 atom stereocenters. The summed E-state index contributed by atoms with van der Waals surface area (Å²) in [6, 6.07) is 2.14. The summed E-state index contributed by atoms with van der Waals surface area (Å²) >= 11 is 9.21. The van der Waals surface area contributed by atoms with Gasteiger partial charge in [-0.1, -0.05) is 29.3 Å². The molecule has 1 fully saturated rings. The van der Waals surface area contributed by atoms with E-state index in [2.05, 4.69) is 55.1 Å². The number of halogens is 2. The fourth-order valence-corrected chi connectivity index (χ4v) is 4.54. The van der Waals surface area contributed by atoms with Crippen LogP contribution >= 0.6 is 43.2 Å². The molecule has 1 saturated heterocycles. The van der Waals surface area contributed by atoms with Crippen LogP contribution in [0.3, 0.4) is 0 Å². The number of alkyl halides is 1. The van der Waals surface area contributed by atoms with E-state index in [0.29, 0.717) is 4.83 Å². The van der Waals surface area contributed by atoms with Gasteiger partial charge >= 0.3 is 0 Å². The standard InChI is InChI=1S/C11H15Br2NS/c1-2-8-5-14(6-10(8)13)7-11-9(12)3-4-15-11/h3-4,8,10H,2,5-7H2,1H3. The van der Waals surface area contributed by atoms with E-state index in [1.165, 1.54) is 28.9 Å². The van der Waals surface area contributed by atoms with E-state index in [9.17, 15) is 0 Å². The molecule has 0 radical (unpaired) electrons. The molecule has 0 amide bonds. The van der Waals surface area contributed by atoms with Crippen LogP contribution in [0.2, 0.25) is 0 Å². The van der Waals surface area contributed by atoms with Gasteiger partial charge in [-0.15, -0.1) is 11.3 Å². The van der Waals surface area contributed by atoms with Crippen LogP contribution in [0, 0.1) is 5.92 Å². The minimum atomic E-state index is 0.682. The van der Waals surface area contributed by atoms with E-state index in [1.54, 1.807) is 0 Å². The average Bonchev–Trinajstić information content (AvgIpc) is 2.75. The molecule has 0 N–H and O–H groups in total. The third kappa shape index (κ3) is 2.84. The Bertz CT molecular complexity index is 326. The lowest BCUT2D eigenvalue weighted by Gasteiger charge is -2.14. The van der Waals surface area contributed by atoms with Crippen molar-refractivity contribution < 1.29 is 0 Å². The van der Waals surface area contributed by atoms with E-state index in [4.69, 9.17) is 0 Å². The van der Waals surface area contributed by atoms with Gasteiger partial charge < -0.3 is 0 Å². The Morgan fingerprint density at radius 1 is 1.53 bits per heavy atom. The molecule has 1 aliphatic heterocycles. The maximum atomic E-state index is 3.78. The Morgan fingerprint density at radius 3 is 2.87 bits per heavy atom. The number of hydrogen-bond acceptors (Lipinski definition) is 2. The predicted octanol–water partition coefficient (Wildman–Crippen LogP) is 4.12. The lowest BCUT2D eigenvalue weighted by Crippen LogP contribution is -2.19. The van der Waals surface area contributed by atoms with Crippen LogP contribution in [0.4, 0.5) is 0 Å². The van der Waals surface area contributed by atoms with Crippen molar-refractivity contribution in [1.29, 1.82) is 0 Å². The van der Waals surface area contributed by atoms with Crippen molar-refractivity contribution in [1.82, 2.24) is 4.90 Å². The van der Waals surface area contributed by atoms with Crippen molar-refractivity contribution in [3.8, 4) is 0 Å². The second-order valence-electron chi connectivity index (χ2n) is 4.07. The predicted molar refractivity (Wildman–Crippen MR) is 73.8 cm³/mol. The van der Waals surface area contributed by atoms with E-state index in [1.807, 2.05) is 11.3 Å². The molecule has 84 valence electrons. The molecule has 15 heavy (non-hydrogen) atoms. The van der Waals surface area contributed by atoms with Crippen LogP contribution in [-0.4, -0.2) is 22.8 Å². The summed E-state index contributed by atoms with van der Waals surface area (Å²) in [6.45, 7) is 5.79. The Morgan fingerprint density at radius 2 is 2.33 bits per heavy atom. The number of likely N-dealkylation sites (tertiary alicyclic amines) is 1. The molecule has 1 aromatic heterocycles. The van der Waals surface area contributed by atoms with Gasteiger partial charge in [-0.2, -0.15) is 0 Å². The molecule has 2 unspecified atom stereocenters. The molecular weight excluding hydrogens is 338 g/mol. The molecule has 0 spiro atoms. The molecule has 2 rings (SSSR count). The summed E-state index contributed by atoms with van der Waals surface area (Å²) in [5.41, 5.74) is 0. The molecule has 0 bridgehead atoms. The van der Waals surface area contributed by atoms with Crippen molar-refractivity contribution in [2.24, 2.45) is 5.92 Å². The first-order valence-corrected chi connectivity index (χ1v) is 7.87. The molecular formula is C11H15Br2NS. The second-order valence-corrected chi connectivity index (χ2v) is 7.10. The zero-order chi connectivity index (χ0) is 10.8. The molecule has 0 saturated carbocycles. The zero-order valence-electron chi connectivity index (χ0n) is 8.75. The van der Waals surface area contributed by atoms with Gasteiger partial charge in [0.15, 0.2) is 0 Å². The normalized spacial score (nSPS) is 27.4. The molecule has 2 heterocycles. The lowest BCUT2D eigenvalue weighted by molar-refractivity contribution is 0.317. The number of thiophene rings is 1. The van der Waals surface area contributed by atoms with Crippen LogP contribution in [0.25, 0.3) is 0 Å². The third-order valence-electron chi connectivity index (χ3n) is 3.02. The smallest absolute Gasteiger partial charge is 0.0339 e. The third-order valence-corrected chi connectivity index (χ3v) is 5.97. The van der Waals surface area contributed by atoms with Crippen molar-refractivity contribution >= 4 is 43.2 Å². The van der Waals surface area contributed by atoms with Gasteiger partial charge in [0.1, 0.15) is 0 Å². The average molecular weight is 353 g/mol. The number of rotatable bonds is 3. The van der Waals surface area contributed by atoms with Gasteiger partial charge in [0.2, 0.25) is 0 Å². The zero-order valence-corrected chi connectivity index (χ0v) is 12.7. The largest absolute Gasteiger partial charge is 0.297 e. The van der Waals surface area contributed by atoms with Crippen LogP contribution in [0.5, 0.6) is 0 Å². The number of hydrogen-bond donors (Lipinski definition) is 0. The van der Waals surface area contributed by atoms with Crippen molar-refractivity contribution in [3.05, 3.63) is 20.8 Å². The minimum absolute atomic E-state index is 0.682. The van der Waals surface area contributed by atoms with Crippen LogP contribution in [0.1, 0.15) is 18.2 Å². The first-order chi connectivity index (χ1) is 7.20. The summed E-state index contributed by atoms with van der Waals surface area (Å²) in [4.78, 5) is 4.68. The molecule has 0 aromatic carbocycles. The molecule has 1 aliphatic rings. The monoisotopic (exact) mass is 351 g/mol. The van der Waals surface area contributed by atoms with E-state index >= 15 is 0 Å². The van der Waals surface area contributed by atoms with E-state index in [-0.39, 0.29) is 0 Å². The van der Waals surface area contributed by atoms with Crippen molar-refractivity contribution in [2.45, 2.75) is 24.7 Å². The second kappa shape index (κ2) is 5.30. The van der Waals surface area contributed by atoms with Gasteiger partial charge in [0.05, 0.1) is 0 Å². The SMILES string of the molecule is CCC1CN(Cc2sccc2Br)CC1Br. The van der Waals surface area contributed by atoms with Gasteiger partial charge in [-0.3, -0.25) is 4.90 Å². The minimum Gasteiger partial charge on any atom is -0.297 e.